The van der Waals surface area contributed by atoms with Crippen molar-refractivity contribution in [3.05, 3.63) is 36.5 Å². The minimum atomic E-state index is -0.685. The summed E-state index contributed by atoms with van der Waals surface area (Å²) < 4.78 is 6.37. The van der Waals surface area contributed by atoms with Crippen LogP contribution in [0.1, 0.15) is 44.9 Å². The Kier molecular flexibility index (Phi) is 6.35. The first-order valence-electron chi connectivity index (χ1n) is 11.9. The summed E-state index contributed by atoms with van der Waals surface area (Å²) in [7, 11) is 6.03. The Balaban J connectivity index is 1.13. The third-order valence-electron chi connectivity index (χ3n) is 6.97. The fourth-order valence-electron chi connectivity index (χ4n) is 5.12. The number of fused-ring (bicyclic) bond motifs is 1. The number of nitrogens with one attached hydrogen (secondary N) is 1. The molecule has 2 N–H and O–H groups in total. The summed E-state index contributed by atoms with van der Waals surface area (Å²) in [4.78, 5) is 25.8. The molecule has 2 radical (unpaired) electrons. The SMILES string of the molecule is [B]c1cccc2[nH]c(-c3ccc(N4CCC(OC5CCC(CC(=O)O)CC5)CC4)nc3)nc12. The second kappa shape index (κ2) is 9.55. The second-order valence-corrected chi connectivity index (χ2v) is 9.30. The van der Waals surface area contributed by atoms with Crippen molar-refractivity contribution in [1.29, 1.82) is 0 Å². The molecular weight excluding hydrogens is 415 g/mol. The third kappa shape index (κ3) is 5.06. The first-order chi connectivity index (χ1) is 16.0. The maximum absolute atomic E-state index is 10.9. The monoisotopic (exact) mass is 444 g/mol. The summed E-state index contributed by atoms with van der Waals surface area (Å²) in [6, 6.07) is 9.84. The molecule has 2 aromatic heterocycles. The maximum Gasteiger partial charge on any atom is 0.303 e. The van der Waals surface area contributed by atoms with E-state index in [4.69, 9.17) is 17.7 Å². The van der Waals surface area contributed by atoms with Crippen molar-refractivity contribution in [1.82, 2.24) is 15.0 Å². The number of H-pyrrole nitrogens is 1. The number of rotatable bonds is 6. The quantitative estimate of drug-likeness (QED) is 0.566. The average molecular weight is 444 g/mol. The standard InChI is InChI=1S/C25H29BN4O3/c26-20-2-1-3-21-24(20)29-25(28-21)17-6-9-22(27-15-17)30-12-10-19(11-13-30)33-18-7-4-16(5-8-18)14-23(31)32/h1-3,6,9,15-16,18-19H,4-5,7-8,10-14H2,(H,28,29)(H,31,32). The molecule has 1 saturated carbocycles. The third-order valence-corrected chi connectivity index (χ3v) is 6.97. The van der Waals surface area contributed by atoms with Crippen LogP contribution in [0.4, 0.5) is 5.82 Å². The number of anilines is 1. The first-order valence-corrected chi connectivity index (χ1v) is 11.9. The fourth-order valence-corrected chi connectivity index (χ4v) is 5.12. The smallest absolute Gasteiger partial charge is 0.303 e. The van der Waals surface area contributed by atoms with E-state index in [0.29, 0.717) is 17.8 Å². The molecular formula is C25H29BN4O3. The Labute approximate surface area is 195 Å². The molecule has 5 rings (SSSR count). The second-order valence-electron chi connectivity index (χ2n) is 9.30. The molecule has 0 atom stereocenters. The van der Waals surface area contributed by atoms with E-state index in [9.17, 15) is 4.79 Å². The van der Waals surface area contributed by atoms with Crippen LogP contribution in [0.25, 0.3) is 22.4 Å². The van der Waals surface area contributed by atoms with Crippen LogP contribution in [0.5, 0.6) is 0 Å². The van der Waals surface area contributed by atoms with Gasteiger partial charge in [-0.05, 0) is 62.6 Å². The van der Waals surface area contributed by atoms with Gasteiger partial charge in [0.1, 0.15) is 19.5 Å². The maximum atomic E-state index is 10.9. The largest absolute Gasteiger partial charge is 0.481 e. The molecule has 3 heterocycles. The first kappa shape index (κ1) is 22.0. The van der Waals surface area contributed by atoms with E-state index in [-0.39, 0.29) is 12.2 Å². The number of carboxylic acids is 1. The topological polar surface area (TPSA) is 91.3 Å². The van der Waals surface area contributed by atoms with Crippen LogP contribution in [0, 0.1) is 5.92 Å². The number of aromatic nitrogens is 3. The van der Waals surface area contributed by atoms with Crippen LogP contribution in [0.15, 0.2) is 36.5 Å². The number of para-hydroxylation sites is 1. The molecule has 1 aliphatic heterocycles. The highest BCUT2D eigenvalue weighted by Gasteiger charge is 2.28. The van der Waals surface area contributed by atoms with E-state index in [1.165, 1.54) is 0 Å². The molecule has 0 amide bonds. The lowest BCUT2D eigenvalue weighted by Crippen LogP contribution is -2.39. The number of carboxylic acid groups (broad SMARTS) is 1. The van der Waals surface area contributed by atoms with Gasteiger partial charge in [-0.25, -0.2) is 9.97 Å². The zero-order valence-electron chi connectivity index (χ0n) is 18.7. The predicted octanol–water partition coefficient (Wildman–Crippen LogP) is 3.44. The van der Waals surface area contributed by atoms with E-state index in [0.717, 1.165) is 79.9 Å². The molecule has 33 heavy (non-hydrogen) atoms. The van der Waals surface area contributed by atoms with Crippen LogP contribution in [0.2, 0.25) is 0 Å². The predicted molar refractivity (Wildman–Crippen MR) is 129 cm³/mol. The van der Waals surface area contributed by atoms with Gasteiger partial charge in [-0.3, -0.25) is 4.79 Å². The summed E-state index contributed by atoms with van der Waals surface area (Å²) in [6.45, 7) is 1.85. The lowest BCUT2D eigenvalue weighted by atomic mass is 9.85. The van der Waals surface area contributed by atoms with Crippen LogP contribution in [0.3, 0.4) is 0 Å². The van der Waals surface area contributed by atoms with Crippen LogP contribution in [-0.4, -0.2) is 59.2 Å². The van der Waals surface area contributed by atoms with Crippen LogP contribution >= 0.6 is 0 Å². The number of hydrogen-bond donors (Lipinski definition) is 2. The van der Waals surface area contributed by atoms with E-state index in [1.807, 2.05) is 30.5 Å². The molecule has 7 nitrogen and oxygen atoms in total. The van der Waals surface area contributed by atoms with Crippen molar-refractivity contribution in [2.75, 3.05) is 18.0 Å². The molecule has 8 heteroatoms. The Morgan fingerprint density at radius 3 is 2.52 bits per heavy atom. The van der Waals surface area contributed by atoms with Gasteiger partial charge < -0.3 is 19.7 Å². The zero-order chi connectivity index (χ0) is 22.8. The Morgan fingerprint density at radius 2 is 1.85 bits per heavy atom. The van der Waals surface area contributed by atoms with Gasteiger partial charge in [-0.15, -0.1) is 0 Å². The molecule has 1 aromatic carbocycles. The number of pyridine rings is 1. The van der Waals surface area contributed by atoms with Gasteiger partial charge in [0.25, 0.3) is 0 Å². The van der Waals surface area contributed by atoms with Crippen molar-refractivity contribution in [2.45, 2.75) is 57.2 Å². The average Bonchev–Trinajstić information content (AvgIpc) is 3.27. The number of nitrogens with zero attached hydrogens (tertiary/aromatic N) is 3. The highest BCUT2D eigenvalue weighted by atomic mass is 16.5. The van der Waals surface area contributed by atoms with Crippen LogP contribution < -0.4 is 10.4 Å². The molecule has 1 aliphatic carbocycles. The number of imidazole rings is 1. The summed E-state index contributed by atoms with van der Waals surface area (Å²) in [5.41, 5.74) is 3.31. The minimum absolute atomic E-state index is 0.279. The van der Waals surface area contributed by atoms with E-state index in [2.05, 4.69) is 25.9 Å². The van der Waals surface area contributed by atoms with Crippen molar-refractivity contribution >= 4 is 36.1 Å². The highest BCUT2D eigenvalue weighted by Crippen LogP contribution is 2.31. The number of hydrogen-bond acceptors (Lipinski definition) is 5. The van der Waals surface area contributed by atoms with Gasteiger partial charge in [0.15, 0.2) is 0 Å². The van der Waals surface area contributed by atoms with Gasteiger partial charge in [0.05, 0.1) is 23.2 Å². The van der Waals surface area contributed by atoms with Crippen molar-refractivity contribution in [2.24, 2.45) is 5.92 Å². The lowest BCUT2D eigenvalue weighted by molar-refractivity contribution is -0.138. The molecule has 1 saturated heterocycles. The normalized spacial score (nSPS) is 22.0. The summed E-state index contributed by atoms with van der Waals surface area (Å²) in [5, 5.41) is 8.97. The van der Waals surface area contributed by atoms with Crippen molar-refractivity contribution in [3.63, 3.8) is 0 Å². The number of benzene rings is 1. The Hall–Kier alpha value is -2.87. The molecule has 3 aromatic rings. The summed E-state index contributed by atoms with van der Waals surface area (Å²) in [5.74, 6) is 1.37. The molecule has 0 spiro atoms. The van der Waals surface area contributed by atoms with Gasteiger partial charge in [0.2, 0.25) is 0 Å². The molecule has 0 unspecified atom stereocenters. The van der Waals surface area contributed by atoms with Crippen molar-refractivity contribution < 1.29 is 14.6 Å². The van der Waals surface area contributed by atoms with E-state index >= 15 is 0 Å². The number of aromatic amines is 1. The molecule has 0 bridgehead atoms. The number of piperidine rings is 1. The Bertz CT molecular complexity index is 1100. The number of aliphatic carboxylic acids is 1. The summed E-state index contributed by atoms with van der Waals surface area (Å²) >= 11 is 0. The zero-order valence-corrected chi connectivity index (χ0v) is 18.7. The summed E-state index contributed by atoms with van der Waals surface area (Å²) in [6.07, 6.45) is 8.58. The van der Waals surface area contributed by atoms with Gasteiger partial charge >= 0.3 is 5.97 Å². The highest BCUT2D eigenvalue weighted by molar-refractivity contribution is 6.38. The van der Waals surface area contributed by atoms with Crippen LogP contribution in [-0.2, 0) is 9.53 Å². The lowest BCUT2D eigenvalue weighted by Gasteiger charge is -2.36. The molecule has 2 fully saturated rings. The fraction of sp³-hybridized carbons (Fsp3) is 0.480. The van der Waals surface area contributed by atoms with Crippen molar-refractivity contribution in [3.8, 4) is 11.4 Å². The Morgan fingerprint density at radius 1 is 1.09 bits per heavy atom. The van der Waals surface area contributed by atoms with Gasteiger partial charge in [0, 0.05) is 31.3 Å². The van der Waals surface area contributed by atoms with Gasteiger partial charge in [-0.1, -0.05) is 17.6 Å². The van der Waals surface area contributed by atoms with E-state index in [1.54, 1.807) is 0 Å². The molecule has 2 aliphatic rings. The van der Waals surface area contributed by atoms with Gasteiger partial charge in [-0.2, -0.15) is 0 Å². The van der Waals surface area contributed by atoms with E-state index < -0.39 is 5.97 Å². The number of carbonyl (C=O) groups is 1. The minimum Gasteiger partial charge on any atom is -0.481 e. The molecule has 170 valence electrons. The number of ether oxygens (including phenoxy) is 1.